The third kappa shape index (κ3) is 5.78. The monoisotopic (exact) mass is 262 g/mol. The fourth-order valence-corrected chi connectivity index (χ4v) is 1.62. The second kappa shape index (κ2) is 7.83. The third-order valence-electron chi connectivity index (χ3n) is 2.49. The van der Waals surface area contributed by atoms with Crippen LogP contribution in [0.4, 0.5) is 0 Å². The van der Waals surface area contributed by atoms with Gasteiger partial charge < -0.3 is 14.2 Å². The lowest BCUT2D eigenvalue weighted by atomic mass is 10.2. The average molecular weight is 262 g/mol. The zero-order chi connectivity index (χ0) is 14.1. The Bertz CT molecular complexity index is 420. The molecule has 0 heterocycles. The number of hydrogen-bond donors (Lipinski definition) is 0. The van der Waals surface area contributed by atoms with Crippen LogP contribution in [0.2, 0.25) is 0 Å². The Balaban J connectivity index is 2.50. The van der Waals surface area contributed by atoms with Crippen molar-refractivity contribution in [1.29, 1.82) is 0 Å². The molecular formula is C16H22O3. The molecule has 0 unspecified atom stereocenters. The summed E-state index contributed by atoms with van der Waals surface area (Å²) in [6.07, 6.45) is 0. The minimum absolute atomic E-state index is 0.318. The molecule has 1 aromatic rings. The Morgan fingerprint density at radius 2 is 1.63 bits per heavy atom. The first-order chi connectivity index (χ1) is 9.09. The van der Waals surface area contributed by atoms with E-state index in [4.69, 9.17) is 14.2 Å². The number of rotatable bonds is 6. The SMILES string of the molecule is CCOC(C)(C#CCOc1ccc(C)cc1)OCC. The summed E-state index contributed by atoms with van der Waals surface area (Å²) < 4.78 is 16.5. The van der Waals surface area contributed by atoms with Crippen LogP contribution in [0.3, 0.4) is 0 Å². The Morgan fingerprint density at radius 1 is 1.05 bits per heavy atom. The van der Waals surface area contributed by atoms with E-state index in [1.165, 1.54) is 5.56 Å². The lowest BCUT2D eigenvalue weighted by Gasteiger charge is -2.22. The van der Waals surface area contributed by atoms with Crippen molar-refractivity contribution >= 4 is 0 Å². The van der Waals surface area contributed by atoms with Crippen LogP contribution >= 0.6 is 0 Å². The van der Waals surface area contributed by atoms with Crippen molar-refractivity contribution in [1.82, 2.24) is 0 Å². The molecule has 3 heteroatoms. The molecule has 0 aromatic heterocycles. The molecule has 0 atom stereocenters. The van der Waals surface area contributed by atoms with Gasteiger partial charge >= 0.3 is 0 Å². The smallest absolute Gasteiger partial charge is 0.230 e. The molecule has 0 fully saturated rings. The van der Waals surface area contributed by atoms with E-state index >= 15 is 0 Å². The van der Waals surface area contributed by atoms with Crippen LogP contribution in [-0.4, -0.2) is 25.6 Å². The van der Waals surface area contributed by atoms with Crippen LogP contribution < -0.4 is 4.74 Å². The van der Waals surface area contributed by atoms with Gasteiger partial charge in [-0.05, 0) is 38.8 Å². The first-order valence-corrected chi connectivity index (χ1v) is 6.57. The molecule has 0 bridgehead atoms. The third-order valence-corrected chi connectivity index (χ3v) is 2.49. The maximum absolute atomic E-state index is 5.53. The molecule has 0 aliphatic rings. The Kier molecular flexibility index (Phi) is 6.41. The maximum Gasteiger partial charge on any atom is 0.230 e. The van der Waals surface area contributed by atoms with Crippen molar-refractivity contribution in [2.45, 2.75) is 33.5 Å². The Morgan fingerprint density at radius 3 is 2.16 bits per heavy atom. The normalized spacial score (nSPS) is 10.7. The van der Waals surface area contributed by atoms with E-state index < -0.39 is 5.79 Å². The van der Waals surface area contributed by atoms with Crippen LogP contribution in [0.25, 0.3) is 0 Å². The van der Waals surface area contributed by atoms with E-state index in [0.717, 1.165) is 5.75 Å². The zero-order valence-electron chi connectivity index (χ0n) is 12.2. The van der Waals surface area contributed by atoms with Gasteiger partial charge in [0, 0.05) is 20.1 Å². The molecule has 1 aromatic carbocycles. The van der Waals surface area contributed by atoms with Gasteiger partial charge in [0.1, 0.15) is 12.4 Å². The number of ether oxygens (including phenoxy) is 3. The lowest BCUT2D eigenvalue weighted by Crippen LogP contribution is -2.30. The summed E-state index contributed by atoms with van der Waals surface area (Å²) in [5.74, 6) is 5.86. The van der Waals surface area contributed by atoms with E-state index in [1.54, 1.807) is 0 Å². The predicted octanol–water partition coefficient (Wildman–Crippen LogP) is 3.17. The summed E-state index contributed by atoms with van der Waals surface area (Å²) >= 11 is 0. The van der Waals surface area contributed by atoms with Crippen molar-refractivity contribution < 1.29 is 14.2 Å². The minimum Gasteiger partial charge on any atom is -0.481 e. The van der Waals surface area contributed by atoms with Gasteiger partial charge in [0.25, 0.3) is 0 Å². The molecule has 0 aliphatic heterocycles. The minimum atomic E-state index is -0.847. The molecule has 0 aliphatic carbocycles. The quantitative estimate of drug-likeness (QED) is 0.582. The summed E-state index contributed by atoms with van der Waals surface area (Å²) in [6.45, 7) is 9.13. The second-order valence-electron chi connectivity index (χ2n) is 4.22. The highest BCUT2D eigenvalue weighted by molar-refractivity contribution is 5.26. The predicted molar refractivity (Wildman–Crippen MR) is 76.1 cm³/mol. The van der Waals surface area contributed by atoms with Gasteiger partial charge in [-0.1, -0.05) is 23.6 Å². The van der Waals surface area contributed by atoms with Crippen molar-refractivity contribution in [3.05, 3.63) is 29.8 Å². The molecule has 0 radical (unpaired) electrons. The molecule has 0 amide bonds. The van der Waals surface area contributed by atoms with Crippen molar-refractivity contribution in [2.75, 3.05) is 19.8 Å². The summed E-state index contributed by atoms with van der Waals surface area (Å²) in [5.41, 5.74) is 1.21. The highest BCUT2D eigenvalue weighted by Crippen LogP contribution is 2.12. The maximum atomic E-state index is 5.53. The molecule has 1 rings (SSSR count). The highest BCUT2D eigenvalue weighted by Gasteiger charge is 2.21. The molecule has 0 spiro atoms. The molecule has 3 nitrogen and oxygen atoms in total. The van der Waals surface area contributed by atoms with E-state index in [1.807, 2.05) is 52.0 Å². The topological polar surface area (TPSA) is 27.7 Å². The molecule has 0 N–H and O–H groups in total. The fraction of sp³-hybridized carbons (Fsp3) is 0.500. The van der Waals surface area contributed by atoms with Crippen molar-refractivity contribution in [2.24, 2.45) is 0 Å². The summed E-state index contributed by atoms with van der Waals surface area (Å²) in [5, 5.41) is 0. The van der Waals surface area contributed by atoms with Crippen LogP contribution in [0.1, 0.15) is 26.3 Å². The van der Waals surface area contributed by atoms with Gasteiger partial charge in [-0.15, -0.1) is 0 Å². The number of benzene rings is 1. The largest absolute Gasteiger partial charge is 0.481 e. The van der Waals surface area contributed by atoms with Crippen LogP contribution in [0, 0.1) is 18.8 Å². The Hall–Kier alpha value is -1.50. The van der Waals surface area contributed by atoms with E-state index in [0.29, 0.717) is 19.8 Å². The van der Waals surface area contributed by atoms with Gasteiger partial charge in [0.15, 0.2) is 0 Å². The molecule has 0 saturated carbocycles. The standard InChI is InChI=1S/C16H22O3/c1-5-18-16(4,19-6-2)12-7-13-17-15-10-8-14(3)9-11-15/h8-11H,5-6,13H2,1-4H3. The van der Waals surface area contributed by atoms with Gasteiger partial charge in [-0.2, -0.15) is 0 Å². The first kappa shape index (κ1) is 15.6. The Labute approximate surface area is 115 Å². The van der Waals surface area contributed by atoms with Crippen molar-refractivity contribution in [3.8, 4) is 17.6 Å². The first-order valence-electron chi connectivity index (χ1n) is 6.57. The van der Waals surface area contributed by atoms with E-state index in [2.05, 4.69) is 11.8 Å². The van der Waals surface area contributed by atoms with Gasteiger partial charge in [-0.3, -0.25) is 0 Å². The van der Waals surface area contributed by atoms with Gasteiger partial charge in [0.2, 0.25) is 5.79 Å². The van der Waals surface area contributed by atoms with Crippen LogP contribution in [0.5, 0.6) is 5.75 Å². The second-order valence-corrected chi connectivity index (χ2v) is 4.22. The summed E-state index contributed by atoms with van der Waals surface area (Å²) in [7, 11) is 0. The number of hydrogen-bond acceptors (Lipinski definition) is 3. The molecular weight excluding hydrogens is 240 g/mol. The average Bonchev–Trinajstić information content (AvgIpc) is 2.37. The fourth-order valence-electron chi connectivity index (χ4n) is 1.62. The van der Waals surface area contributed by atoms with Gasteiger partial charge in [-0.25, -0.2) is 0 Å². The molecule has 19 heavy (non-hydrogen) atoms. The highest BCUT2D eigenvalue weighted by atomic mass is 16.7. The van der Waals surface area contributed by atoms with Crippen LogP contribution in [-0.2, 0) is 9.47 Å². The summed E-state index contributed by atoms with van der Waals surface area (Å²) in [4.78, 5) is 0. The van der Waals surface area contributed by atoms with Gasteiger partial charge in [0.05, 0.1) is 0 Å². The van der Waals surface area contributed by atoms with Crippen LogP contribution in [0.15, 0.2) is 24.3 Å². The number of aryl methyl sites for hydroxylation is 1. The van der Waals surface area contributed by atoms with Crippen molar-refractivity contribution in [3.63, 3.8) is 0 Å². The molecule has 104 valence electrons. The molecule has 0 saturated heterocycles. The van der Waals surface area contributed by atoms with E-state index in [-0.39, 0.29) is 0 Å². The summed E-state index contributed by atoms with van der Waals surface area (Å²) in [6, 6.07) is 7.88. The zero-order valence-corrected chi connectivity index (χ0v) is 12.2. The lowest BCUT2D eigenvalue weighted by molar-refractivity contribution is -0.179. The van der Waals surface area contributed by atoms with E-state index in [9.17, 15) is 0 Å².